The number of ether oxygens (including phenoxy) is 1. The van der Waals surface area contributed by atoms with Crippen LogP contribution >= 0.6 is 0 Å². The summed E-state index contributed by atoms with van der Waals surface area (Å²) in [5.74, 6) is 0.380. The van der Waals surface area contributed by atoms with Crippen LogP contribution in [0.15, 0.2) is 42.6 Å². The molecule has 0 amide bonds. The Morgan fingerprint density at radius 2 is 2.06 bits per heavy atom. The van der Waals surface area contributed by atoms with Gasteiger partial charge in [-0.25, -0.2) is 4.98 Å². The summed E-state index contributed by atoms with van der Waals surface area (Å²) in [4.78, 5) is 16.3. The first kappa shape index (κ1) is 11.3. The lowest BCUT2D eigenvalue weighted by atomic mass is 10.0. The molecule has 0 saturated carbocycles. The van der Waals surface area contributed by atoms with Gasteiger partial charge in [0.2, 0.25) is 5.78 Å². The van der Waals surface area contributed by atoms with E-state index in [1.165, 1.54) is 7.11 Å². The molecule has 0 bridgehead atoms. The highest BCUT2D eigenvalue weighted by atomic mass is 16.5. The molecule has 0 aliphatic heterocycles. The van der Waals surface area contributed by atoms with E-state index in [9.17, 15) is 4.79 Å². The van der Waals surface area contributed by atoms with Gasteiger partial charge in [0.1, 0.15) is 5.75 Å². The second kappa shape index (κ2) is 4.78. The first-order valence-electron chi connectivity index (χ1n) is 5.33. The molecule has 0 saturated heterocycles. The van der Waals surface area contributed by atoms with Gasteiger partial charge >= 0.3 is 0 Å². The van der Waals surface area contributed by atoms with Gasteiger partial charge in [-0.3, -0.25) is 4.79 Å². The van der Waals surface area contributed by atoms with Crippen molar-refractivity contribution in [3.63, 3.8) is 0 Å². The van der Waals surface area contributed by atoms with Gasteiger partial charge in [-0.15, -0.1) is 0 Å². The van der Waals surface area contributed by atoms with Gasteiger partial charge in [0.15, 0.2) is 5.69 Å². The number of hydrogen-bond donors (Lipinski definition) is 0. The number of methoxy groups -OCH3 is 1. The maximum atomic E-state index is 12.2. The first-order valence-corrected chi connectivity index (χ1v) is 5.33. The van der Waals surface area contributed by atoms with Crippen molar-refractivity contribution in [3.05, 3.63) is 59.4 Å². The van der Waals surface area contributed by atoms with E-state index in [1.807, 2.05) is 25.1 Å². The predicted octanol–water partition coefficient (Wildman–Crippen LogP) is 2.63. The number of carbonyl (C=O) groups is 1. The number of ketones is 1. The Morgan fingerprint density at radius 1 is 1.24 bits per heavy atom. The van der Waals surface area contributed by atoms with Crippen molar-refractivity contribution in [2.45, 2.75) is 6.92 Å². The lowest BCUT2D eigenvalue weighted by Gasteiger charge is -2.06. The molecule has 1 heterocycles. The Balaban J connectivity index is 2.44. The van der Waals surface area contributed by atoms with Crippen LogP contribution in [0, 0.1) is 6.92 Å². The van der Waals surface area contributed by atoms with Crippen LogP contribution in [-0.2, 0) is 0 Å². The van der Waals surface area contributed by atoms with E-state index >= 15 is 0 Å². The van der Waals surface area contributed by atoms with Gasteiger partial charge < -0.3 is 4.74 Å². The Labute approximate surface area is 100 Å². The average molecular weight is 227 g/mol. The predicted molar refractivity (Wildman–Crippen MR) is 65.4 cm³/mol. The number of aromatic nitrogens is 1. The summed E-state index contributed by atoms with van der Waals surface area (Å²) < 4.78 is 5.13. The molecule has 0 radical (unpaired) electrons. The average Bonchev–Trinajstić information content (AvgIpc) is 2.38. The van der Waals surface area contributed by atoms with Crippen molar-refractivity contribution in [1.29, 1.82) is 0 Å². The zero-order chi connectivity index (χ0) is 12.3. The van der Waals surface area contributed by atoms with Crippen LogP contribution in [0.1, 0.15) is 21.6 Å². The van der Waals surface area contributed by atoms with Crippen molar-refractivity contribution in [2.75, 3.05) is 7.11 Å². The number of benzene rings is 1. The second-order valence-electron chi connectivity index (χ2n) is 3.75. The standard InChI is InChI=1S/C14H13NO2/c1-10-5-3-6-11(9-10)14(16)13-12(17-2)7-4-8-15-13/h3-9H,1-2H3. The maximum Gasteiger partial charge on any atom is 0.215 e. The van der Waals surface area contributed by atoms with E-state index in [0.29, 0.717) is 17.0 Å². The largest absolute Gasteiger partial charge is 0.494 e. The van der Waals surface area contributed by atoms with Crippen molar-refractivity contribution in [3.8, 4) is 5.75 Å². The number of nitrogens with zero attached hydrogens (tertiary/aromatic N) is 1. The van der Waals surface area contributed by atoms with Crippen LogP contribution < -0.4 is 4.74 Å². The highest BCUT2D eigenvalue weighted by molar-refractivity contribution is 6.09. The van der Waals surface area contributed by atoms with Crippen LogP contribution in [-0.4, -0.2) is 17.9 Å². The van der Waals surface area contributed by atoms with Crippen molar-refractivity contribution >= 4 is 5.78 Å². The molecule has 1 aromatic heterocycles. The van der Waals surface area contributed by atoms with E-state index in [1.54, 1.807) is 24.4 Å². The summed E-state index contributed by atoms with van der Waals surface area (Å²) in [6, 6.07) is 10.9. The fourth-order valence-corrected chi connectivity index (χ4v) is 1.65. The van der Waals surface area contributed by atoms with E-state index in [2.05, 4.69) is 4.98 Å². The Bertz CT molecular complexity index is 549. The summed E-state index contributed by atoms with van der Waals surface area (Å²) in [7, 11) is 1.53. The Hall–Kier alpha value is -2.16. The molecule has 0 fully saturated rings. The molecule has 0 N–H and O–H groups in total. The topological polar surface area (TPSA) is 39.2 Å². The third-order valence-corrected chi connectivity index (χ3v) is 2.49. The minimum atomic E-state index is -0.119. The minimum absolute atomic E-state index is 0.119. The van der Waals surface area contributed by atoms with Crippen LogP contribution in [0.25, 0.3) is 0 Å². The minimum Gasteiger partial charge on any atom is -0.494 e. The van der Waals surface area contributed by atoms with E-state index in [-0.39, 0.29) is 5.78 Å². The second-order valence-corrected chi connectivity index (χ2v) is 3.75. The van der Waals surface area contributed by atoms with Gasteiger partial charge in [0, 0.05) is 11.8 Å². The number of aryl methyl sites for hydroxylation is 1. The van der Waals surface area contributed by atoms with Crippen LogP contribution in [0.4, 0.5) is 0 Å². The first-order chi connectivity index (χ1) is 8.22. The van der Waals surface area contributed by atoms with Gasteiger partial charge in [0.25, 0.3) is 0 Å². The third kappa shape index (κ3) is 2.33. The highest BCUT2D eigenvalue weighted by Crippen LogP contribution is 2.19. The monoisotopic (exact) mass is 227 g/mol. The van der Waals surface area contributed by atoms with Gasteiger partial charge in [-0.05, 0) is 25.1 Å². The summed E-state index contributed by atoms with van der Waals surface area (Å²) in [6.07, 6.45) is 1.59. The summed E-state index contributed by atoms with van der Waals surface area (Å²) in [6.45, 7) is 1.95. The van der Waals surface area contributed by atoms with Crippen molar-refractivity contribution in [1.82, 2.24) is 4.98 Å². The maximum absolute atomic E-state index is 12.2. The molecule has 17 heavy (non-hydrogen) atoms. The summed E-state index contributed by atoms with van der Waals surface area (Å²) in [5.41, 5.74) is 2.02. The quantitative estimate of drug-likeness (QED) is 0.757. The van der Waals surface area contributed by atoms with Crippen molar-refractivity contribution in [2.24, 2.45) is 0 Å². The fourth-order valence-electron chi connectivity index (χ4n) is 1.65. The zero-order valence-electron chi connectivity index (χ0n) is 9.81. The molecular weight excluding hydrogens is 214 g/mol. The molecule has 2 aromatic rings. The van der Waals surface area contributed by atoms with Gasteiger partial charge in [-0.1, -0.05) is 23.8 Å². The number of hydrogen-bond acceptors (Lipinski definition) is 3. The van der Waals surface area contributed by atoms with Gasteiger partial charge in [0.05, 0.1) is 7.11 Å². The number of carbonyl (C=O) groups excluding carboxylic acids is 1. The van der Waals surface area contributed by atoms with Crippen molar-refractivity contribution < 1.29 is 9.53 Å². The molecule has 3 heteroatoms. The molecule has 1 aromatic carbocycles. The fraction of sp³-hybridized carbons (Fsp3) is 0.143. The van der Waals surface area contributed by atoms with Crippen LogP contribution in [0.3, 0.4) is 0 Å². The van der Waals surface area contributed by atoms with Crippen LogP contribution in [0.5, 0.6) is 5.75 Å². The number of pyridine rings is 1. The molecular formula is C14H13NO2. The van der Waals surface area contributed by atoms with E-state index in [4.69, 9.17) is 4.74 Å². The molecule has 0 aliphatic carbocycles. The third-order valence-electron chi connectivity index (χ3n) is 2.49. The zero-order valence-corrected chi connectivity index (χ0v) is 9.81. The van der Waals surface area contributed by atoms with Gasteiger partial charge in [-0.2, -0.15) is 0 Å². The molecule has 0 unspecified atom stereocenters. The lowest BCUT2D eigenvalue weighted by molar-refractivity contribution is 0.103. The molecule has 86 valence electrons. The highest BCUT2D eigenvalue weighted by Gasteiger charge is 2.15. The van der Waals surface area contributed by atoms with Crippen LogP contribution in [0.2, 0.25) is 0 Å². The molecule has 0 atom stereocenters. The molecule has 3 nitrogen and oxygen atoms in total. The Morgan fingerprint density at radius 3 is 2.76 bits per heavy atom. The molecule has 0 spiro atoms. The summed E-state index contributed by atoms with van der Waals surface area (Å²) >= 11 is 0. The summed E-state index contributed by atoms with van der Waals surface area (Å²) in [5, 5.41) is 0. The SMILES string of the molecule is COc1cccnc1C(=O)c1cccc(C)c1. The normalized spacial score (nSPS) is 10.0. The number of rotatable bonds is 3. The Kier molecular flexibility index (Phi) is 3.19. The van der Waals surface area contributed by atoms with E-state index < -0.39 is 0 Å². The smallest absolute Gasteiger partial charge is 0.215 e. The molecule has 0 aliphatic rings. The molecule has 2 rings (SSSR count). The van der Waals surface area contributed by atoms with E-state index in [0.717, 1.165) is 5.56 Å². The lowest BCUT2D eigenvalue weighted by Crippen LogP contribution is -2.06.